The molecule has 0 atom stereocenters. The third-order valence-corrected chi connectivity index (χ3v) is 6.97. The molecule has 3 aromatic carbocycles. The fraction of sp³-hybridized carbons (Fsp3) is 0.154. The summed E-state index contributed by atoms with van der Waals surface area (Å²) in [7, 11) is 0. The molecule has 10 heteroatoms. The number of nitrogens with zero attached hydrogens (tertiary/aromatic N) is 1. The predicted octanol–water partition coefficient (Wildman–Crippen LogP) is 7.85. The first-order valence-electron chi connectivity index (χ1n) is 10.8. The van der Waals surface area contributed by atoms with Gasteiger partial charge in [0, 0.05) is 0 Å². The normalized spacial score (nSPS) is 15.0. The summed E-state index contributed by atoms with van der Waals surface area (Å²) >= 11 is 9.86. The molecule has 1 saturated heterocycles. The molecule has 0 saturated carbocycles. The van der Waals surface area contributed by atoms with Crippen LogP contribution in [0.25, 0.3) is 6.08 Å². The molecule has 0 N–H and O–H groups in total. The minimum atomic E-state index is -4.53. The fourth-order valence-corrected chi connectivity index (χ4v) is 5.34. The molecule has 0 aliphatic carbocycles. The lowest BCUT2D eigenvalue weighted by molar-refractivity contribution is -0.137. The summed E-state index contributed by atoms with van der Waals surface area (Å²) in [5, 5.41) is 0. The molecule has 4 nitrogen and oxygen atoms in total. The van der Waals surface area contributed by atoms with Crippen LogP contribution in [0, 0.1) is 0 Å². The summed E-state index contributed by atoms with van der Waals surface area (Å²) in [5.41, 5.74) is 0.849. The molecule has 1 aliphatic heterocycles. The van der Waals surface area contributed by atoms with Crippen LogP contribution in [0.2, 0.25) is 0 Å². The van der Waals surface area contributed by atoms with Crippen LogP contribution in [0.3, 0.4) is 0 Å². The highest BCUT2D eigenvalue weighted by Crippen LogP contribution is 2.41. The number of rotatable bonds is 7. The number of benzene rings is 3. The first-order valence-corrected chi connectivity index (χ1v) is 12.8. The van der Waals surface area contributed by atoms with Crippen molar-refractivity contribution < 1.29 is 27.4 Å². The maximum absolute atomic E-state index is 13.2. The molecule has 3 aromatic rings. The average molecular weight is 594 g/mol. The van der Waals surface area contributed by atoms with Gasteiger partial charge in [0.1, 0.15) is 6.61 Å². The van der Waals surface area contributed by atoms with Crippen LogP contribution in [0.15, 0.2) is 76.1 Å². The van der Waals surface area contributed by atoms with Crippen molar-refractivity contribution in [1.29, 1.82) is 0 Å². The topological polar surface area (TPSA) is 38.8 Å². The second kappa shape index (κ2) is 11.1. The van der Waals surface area contributed by atoms with E-state index >= 15 is 0 Å². The Bertz CT molecular complexity index is 1330. The van der Waals surface area contributed by atoms with E-state index in [1.807, 2.05) is 37.3 Å². The molecular weight excluding hydrogens is 575 g/mol. The van der Waals surface area contributed by atoms with Crippen LogP contribution < -0.4 is 14.4 Å². The minimum absolute atomic E-state index is 0.0663. The molecule has 36 heavy (non-hydrogen) atoms. The van der Waals surface area contributed by atoms with Crippen molar-refractivity contribution in [2.45, 2.75) is 19.7 Å². The van der Waals surface area contributed by atoms with E-state index in [0.717, 1.165) is 34.4 Å². The zero-order valence-electron chi connectivity index (χ0n) is 18.8. The molecule has 1 amide bonds. The van der Waals surface area contributed by atoms with Gasteiger partial charge < -0.3 is 9.47 Å². The van der Waals surface area contributed by atoms with E-state index in [2.05, 4.69) is 15.9 Å². The maximum atomic E-state index is 13.2. The van der Waals surface area contributed by atoms with Crippen LogP contribution >= 0.6 is 39.9 Å². The van der Waals surface area contributed by atoms with Gasteiger partial charge >= 0.3 is 6.18 Å². The van der Waals surface area contributed by atoms with Crippen LogP contribution in [0.4, 0.5) is 18.9 Å². The fourth-order valence-electron chi connectivity index (χ4n) is 3.47. The molecule has 4 rings (SSSR count). The molecule has 1 aliphatic rings. The summed E-state index contributed by atoms with van der Waals surface area (Å²) < 4.78 is 52.0. The predicted molar refractivity (Wildman–Crippen MR) is 143 cm³/mol. The number of carbonyl (C=O) groups excluding carboxylic acids is 1. The number of thioether (sulfide) groups is 1. The van der Waals surface area contributed by atoms with Crippen molar-refractivity contribution >= 4 is 61.9 Å². The summed E-state index contributed by atoms with van der Waals surface area (Å²) in [6.45, 7) is 2.59. The van der Waals surface area contributed by atoms with Crippen molar-refractivity contribution in [1.82, 2.24) is 0 Å². The summed E-state index contributed by atoms with van der Waals surface area (Å²) in [6.07, 6.45) is -2.90. The largest absolute Gasteiger partial charge is 0.490 e. The van der Waals surface area contributed by atoms with Crippen molar-refractivity contribution in [3.63, 3.8) is 0 Å². The quantitative estimate of drug-likeness (QED) is 0.206. The minimum Gasteiger partial charge on any atom is -0.490 e. The molecule has 0 aromatic heterocycles. The van der Waals surface area contributed by atoms with Crippen LogP contribution in [-0.4, -0.2) is 16.8 Å². The Hall–Kier alpha value is -2.82. The van der Waals surface area contributed by atoms with Gasteiger partial charge in [0.2, 0.25) is 0 Å². The zero-order chi connectivity index (χ0) is 25.9. The highest BCUT2D eigenvalue weighted by Gasteiger charge is 2.36. The summed E-state index contributed by atoms with van der Waals surface area (Å²) in [6, 6.07) is 17.7. The third-order valence-electron chi connectivity index (χ3n) is 5.08. The van der Waals surface area contributed by atoms with Crippen LogP contribution in [0.5, 0.6) is 11.5 Å². The second-order valence-corrected chi connectivity index (χ2v) is 10.1. The Kier molecular flexibility index (Phi) is 8.07. The Balaban J connectivity index is 1.61. The standard InChI is InChI=1S/C26H19BrF3NO3S2/c1-2-33-21-12-17(11-20(27)23(21)34-15-16-7-4-3-5-8-16)13-22-24(32)31(25(35)36-22)19-10-6-9-18(14-19)26(28,29)30/h3-14H,2,15H2,1H3/b22-13-. The number of thiocarbonyl (C=S) groups is 1. The van der Waals surface area contributed by atoms with E-state index in [0.29, 0.717) is 34.7 Å². The highest BCUT2D eigenvalue weighted by atomic mass is 79.9. The summed E-state index contributed by atoms with van der Waals surface area (Å²) in [4.78, 5) is 14.5. The number of alkyl halides is 3. The smallest absolute Gasteiger partial charge is 0.416 e. The van der Waals surface area contributed by atoms with E-state index < -0.39 is 17.6 Å². The zero-order valence-corrected chi connectivity index (χ0v) is 22.1. The first-order chi connectivity index (χ1) is 17.2. The third kappa shape index (κ3) is 5.93. The number of ether oxygens (including phenoxy) is 2. The van der Waals surface area contributed by atoms with Crippen molar-refractivity contribution in [3.05, 3.63) is 92.8 Å². The van der Waals surface area contributed by atoms with Gasteiger partial charge in [-0.25, -0.2) is 0 Å². The van der Waals surface area contributed by atoms with Gasteiger partial charge in [-0.1, -0.05) is 60.4 Å². The van der Waals surface area contributed by atoms with Crippen molar-refractivity contribution in [3.8, 4) is 11.5 Å². The first kappa shape index (κ1) is 26.2. The van der Waals surface area contributed by atoms with Gasteiger partial charge in [-0.05, 0) is 70.4 Å². The van der Waals surface area contributed by atoms with E-state index in [1.165, 1.54) is 12.1 Å². The lowest BCUT2D eigenvalue weighted by Crippen LogP contribution is -2.27. The van der Waals surface area contributed by atoms with Gasteiger partial charge in [-0.15, -0.1) is 0 Å². The molecule has 0 bridgehead atoms. The van der Waals surface area contributed by atoms with E-state index in [1.54, 1.807) is 18.2 Å². The van der Waals surface area contributed by atoms with Gasteiger partial charge in [0.05, 0.1) is 27.2 Å². The SMILES string of the molecule is CCOc1cc(/C=C2\SC(=S)N(c3cccc(C(F)(F)F)c3)C2=O)cc(Br)c1OCc1ccccc1. The van der Waals surface area contributed by atoms with Crippen molar-refractivity contribution in [2.75, 3.05) is 11.5 Å². The molecule has 1 heterocycles. The molecule has 186 valence electrons. The van der Waals surface area contributed by atoms with E-state index in [-0.39, 0.29) is 14.9 Å². The average Bonchev–Trinajstić information content (AvgIpc) is 3.11. The maximum Gasteiger partial charge on any atom is 0.416 e. The lowest BCUT2D eigenvalue weighted by Gasteiger charge is -2.16. The number of halogens is 4. The molecular formula is C26H19BrF3NO3S2. The highest BCUT2D eigenvalue weighted by molar-refractivity contribution is 9.10. The monoisotopic (exact) mass is 593 g/mol. The van der Waals surface area contributed by atoms with Gasteiger partial charge in [-0.2, -0.15) is 13.2 Å². The number of hydrogen-bond acceptors (Lipinski definition) is 5. The van der Waals surface area contributed by atoms with Gasteiger partial charge in [-0.3, -0.25) is 9.69 Å². The second-order valence-electron chi connectivity index (χ2n) is 7.60. The Labute approximate surface area is 224 Å². The van der Waals surface area contributed by atoms with Crippen LogP contribution in [0.1, 0.15) is 23.6 Å². The molecule has 0 radical (unpaired) electrons. The molecule has 0 unspecified atom stereocenters. The van der Waals surface area contributed by atoms with E-state index in [9.17, 15) is 18.0 Å². The lowest BCUT2D eigenvalue weighted by atomic mass is 10.1. The Morgan fingerprint density at radius 3 is 2.50 bits per heavy atom. The number of amides is 1. The number of anilines is 1. The van der Waals surface area contributed by atoms with Gasteiger partial charge in [0.15, 0.2) is 15.8 Å². The molecule has 0 spiro atoms. The van der Waals surface area contributed by atoms with E-state index in [4.69, 9.17) is 21.7 Å². The number of carbonyl (C=O) groups is 1. The van der Waals surface area contributed by atoms with Crippen molar-refractivity contribution in [2.24, 2.45) is 0 Å². The number of hydrogen-bond donors (Lipinski definition) is 0. The molecule has 1 fully saturated rings. The van der Waals surface area contributed by atoms with Crippen LogP contribution in [-0.2, 0) is 17.6 Å². The summed E-state index contributed by atoms with van der Waals surface area (Å²) in [5.74, 6) is 0.514. The Morgan fingerprint density at radius 2 is 1.81 bits per heavy atom. The Morgan fingerprint density at radius 1 is 1.06 bits per heavy atom. The van der Waals surface area contributed by atoms with Gasteiger partial charge in [0.25, 0.3) is 5.91 Å².